The first kappa shape index (κ1) is 15.9. The molecule has 3 rings (SSSR count). The van der Waals surface area contributed by atoms with Crippen LogP contribution >= 0.6 is 0 Å². The summed E-state index contributed by atoms with van der Waals surface area (Å²) in [5.74, 6) is 0. The molecular formula is C16H17F3N2O2. The molecule has 0 aliphatic carbocycles. The fourth-order valence-corrected chi connectivity index (χ4v) is 3.14. The van der Waals surface area contributed by atoms with E-state index in [1.807, 2.05) is 0 Å². The molecule has 124 valence electrons. The lowest BCUT2D eigenvalue weighted by Crippen LogP contribution is -2.41. The van der Waals surface area contributed by atoms with E-state index in [0.29, 0.717) is 19.4 Å². The van der Waals surface area contributed by atoms with Gasteiger partial charge in [-0.1, -0.05) is 18.2 Å². The normalized spacial score (nSPS) is 22.2. The molecule has 7 heteroatoms. The largest absolute Gasteiger partial charge is 0.416 e. The zero-order valence-corrected chi connectivity index (χ0v) is 12.3. The van der Waals surface area contributed by atoms with Crippen LogP contribution in [-0.4, -0.2) is 17.3 Å². The minimum absolute atomic E-state index is 0.123. The highest BCUT2D eigenvalue weighted by atomic mass is 19.4. The number of benzene rings is 1. The van der Waals surface area contributed by atoms with E-state index in [4.69, 9.17) is 4.52 Å². The summed E-state index contributed by atoms with van der Waals surface area (Å²) < 4.78 is 45.7. The molecule has 1 aliphatic heterocycles. The van der Waals surface area contributed by atoms with Crippen molar-refractivity contribution in [3.05, 3.63) is 58.1 Å². The predicted octanol–water partition coefficient (Wildman–Crippen LogP) is 3.00. The number of alkyl halides is 3. The Morgan fingerprint density at radius 3 is 2.74 bits per heavy atom. The zero-order chi connectivity index (χ0) is 16.4. The van der Waals surface area contributed by atoms with Crippen LogP contribution in [0.4, 0.5) is 13.2 Å². The number of hydrogen-bond donors (Lipinski definition) is 1. The third kappa shape index (κ3) is 3.50. The summed E-state index contributed by atoms with van der Waals surface area (Å²) in [6, 6.07) is 6.71. The van der Waals surface area contributed by atoms with Crippen molar-refractivity contribution in [3.8, 4) is 0 Å². The van der Waals surface area contributed by atoms with Gasteiger partial charge in [-0.25, -0.2) is 0 Å². The van der Waals surface area contributed by atoms with Crippen molar-refractivity contribution in [2.45, 2.75) is 37.5 Å². The lowest BCUT2D eigenvalue weighted by molar-refractivity contribution is -0.138. The highest BCUT2D eigenvalue weighted by Gasteiger charge is 2.34. The van der Waals surface area contributed by atoms with Crippen molar-refractivity contribution in [3.63, 3.8) is 0 Å². The maximum absolute atomic E-state index is 13.1. The van der Waals surface area contributed by atoms with Gasteiger partial charge >= 0.3 is 6.18 Å². The van der Waals surface area contributed by atoms with Crippen LogP contribution in [-0.2, 0) is 12.6 Å². The van der Waals surface area contributed by atoms with Gasteiger partial charge in [0.25, 0.3) is 5.56 Å². The molecule has 0 radical (unpaired) electrons. The van der Waals surface area contributed by atoms with Gasteiger partial charge in [0.05, 0.1) is 11.6 Å². The molecule has 1 aromatic heterocycles. The minimum Gasteiger partial charge on any atom is -0.384 e. The Morgan fingerprint density at radius 1 is 1.26 bits per heavy atom. The molecule has 0 spiro atoms. The second-order valence-corrected chi connectivity index (χ2v) is 5.76. The van der Waals surface area contributed by atoms with Crippen molar-refractivity contribution in [2.75, 3.05) is 6.54 Å². The molecule has 1 aliphatic rings. The molecule has 1 fully saturated rings. The summed E-state index contributed by atoms with van der Waals surface area (Å²) in [5.41, 5.74) is -0.546. The van der Waals surface area contributed by atoms with E-state index in [2.05, 4.69) is 5.32 Å². The molecule has 2 atom stereocenters. The Hall–Kier alpha value is -2.02. The molecular weight excluding hydrogens is 309 g/mol. The summed E-state index contributed by atoms with van der Waals surface area (Å²) in [6.07, 6.45) is -1.49. The maximum atomic E-state index is 13.1. The van der Waals surface area contributed by atoms with Crippen LogP contribution < -0.4 is 10.9 Å². The van der Waals surface area contributed by atoms with Gasteiger partial charge in [-0.2, -0.15) is 17.9 Å². The lowest BCUT2D eigenvalue weighted by atomic mass is 9.92. The maximum Gasteiger partial charge on any atom is 0.416 e. The molecule has 0 bridgehead atoms. The molecule has 4 nitrogen and oxygen atoms in total. The molecule has 1 saturated heterocycles. The SMILES string of the molecule is O=c1ccon1[C@H]1CCN[C@H](Cc2ccccc2C(F)(F)F)C1. The Bertz CT molecular complexity index is 720. The van der Waals surface area contributed by atoms with E-state index in [9.17, 15) is 18.0 Å². The van der Waals surface area contributed by atoms with Crippen molar-refractivity contribution in [2.24, 2.45) is 0 Å². The average molecular weight is 326 g/mol. The third-order valence-electron chi connectivity index (χ3n) is 4.19. The van der Waals surface area contributed by atoms with Crippen LogP contribution in [0.2, 0.25) is 0 Å². The topological polar surface area (TPSA) is 47.2 Å². The van der Waals surface area contributed by atoms with Crippen LogP contribution in [0.15, 0.2) is 45.9 Å². The van der Waals surface area contributed by atoms with Gasteiger partial charge in [0.2, 0.25) is 0 Å². The van der Waals surface area contributed by atoms with Gasteiger partial charge in [-0.15, -0.1) is 0 Å². The molecule has 0 saturated carbocycles. The Morgan fingerprint density at radius 2 is 2.04 bits per heavy atom. The van der Waals surface area contributed by atoms with Crippen molar-refractivity contribution in [1.82, 2.24) is 10.1 Å². The highest BCUT2D eigenvalue weighted by Crippen LogP contribution is 2.33. The fourth-order valence-electron chi connectivity index (χ4n) is 3.14. The number of hydrogen-bond acceptors (Lipinski definition) is 3. The Balaban J connectivity index is 1.76. The molecule has 2 aromatic rings. The number of rotatable bonds is 3. The first-order valence-electron chi connectivity index (χ1n) is 7.50. The van der Waals surface area contributed by atoms with E-state index >= 15 is 0 Å². The Kier molecular flexibility index (Phi) is 4.30. The smallest absolute Gasteiger partial charge is 0.384 e. The van der Waals surface area contributed by atoms with E-state index < -0.39 is 11.7 Å². The van der Waals surface area contributed by atoms with Gasteiger partial charge in [-0.3, -0.25) is 4.79 Å². The first-order chi connectivity index (χ1) is 10.9. The predicted molar refractivity (Wildman–Crippen MR) is 78.2 cm³/mol. The van der Waals surface area contributed by atoms with Crippen LogP contribution in [0, 0.1) is 0 Å². The summed E-state index contributed by atoms with van der Waals surface area (Å²) in [7, 11) is 0. The summed E-state index contributed by atoms with van der Waals surface area (Å²) in [4.78, 5) is 11.7. The van der Waals surface area contributed by atoms with E-state index in [0.717, 1.165) is 6.07 Å². The number of nitrogens with one attached hydrogen (secondary N) is 1. The van der Waals surface area contributed by atoms with Crippen LogP contribution in [0.5, 0.6) is 0 Å². The first-order valence-corrected chi connectivity index (χ1v) is 7.50. The third-order valence-corrected chi connectivity index (χ3v) is 4.19. The van der Waals surface area contributed by atoms with Gasteiger partial charge in [0.1, 0.15) is 6.26 Å². The zero-order valence-electron chi connectivity index (χ0n) is 12.3. The standard InChI is InChI=1S/C16H17F3N2O2/c17-16(18,19)14-4-2-1-3-11(14)9-12-10-13(5-7-20-12)21-15(22)6-8-23-21/h1-4,6,8,12-13,20H,5,7,9-10H2/t12-,13+/m1/s1. The van der Waals surface area contributed by atoms with E-state index in [1.165, 1.54) is 29.2 Å². The van der Waals surface area contributed by atoms with Gasteiger partial charge in [-0.05, 0) is 37.4 Å². The van der Waals surface area contributed by atoms with Gasteiger partial charge in [0.15, 0.2) is 0 Å². The Labute approximate surface area is 130 Å². The summed E-state index contributed by atoms with van der Waals surface area (Å²) in [6.45, 7) is 0.636. The summed E-state index contributed by atoms with van der Waals surface area (Å²) in [5, 5.41) is 3.23. The minimum atomic E-state index is -4.36. The highest BCUT2D eigenvalue weighted by molar-refractivity contribution is 5.30. The van der Waals surface area contributed by atoms with Gasteiger partial charge < -0.3 is 9.84 Å². The second kappa shape index (κ2) is 6.23. The van der Waals surface area contributed by atoms with Crippen molar-refractivity contribution < 1.29 is 17.7 Å². The molecule has 1 N–H and O–H groups in total. The van der Waals surface area contributed by atoms with Crippen molar-refractivity contribution in [1.29, 1.82) is 0 Å². The second-order valence-electron chi connectivity index (χ2n) is 5.76. The van der Waals surface area contributed by atoms with Crippen LogP contribution in [0.25, 0.3) is 0 Å². The average Bonchev–Trinajstić information content (AvgIpc) is 2.93. The van der Waals surface area contributed by atoms with E-state index in [-0.39, 0.29) is 29.6 Å². The molecule has 1 aromatic carbocycles. The van der Waals surface area contributed by atoms with Crippen LogP contribution in [0.1, 0.15) is 30.0 Å². The van der Waals surface area contributed by atoms with Crippen molar-refractivity contribution >= 4 is 0 Å². The number of halogens is 3. The van der Waals surface area contributed by atoms with Gasteiger partial charge in [0, 0.05) is 12.1 Å². The quantitative estimate of drug-likeness (QED) is 0.943. The monoisotopic (exact) mass is 326 g/mol. The number of piperidine rings is 1. The van der Waals surface area contributed by atoms with Crippen LogP contribution in [0.3, 0.4) is 0 Å². The number of nitrogens with zero attached hydrogens (tertiary/aromatic N) is 1. The number of aromatic nitrogens is 1. The molecule has 0 unspecified atom stereocenters. The molecule has 0 amide bonds. The molecule has 2 heterocycles. The fraction of sp³-hybridized carbons (Fsp3) is 0.438. The lowest BCUT2D eigenvalue weighted by Gasteiger charge is -2.30. The van der Waals surface area contributed by atoms with E-state index in [1.54, 1.807) is 6.07 Å². The summed E-state index contributed by atoms with van der Waals surface area (Å²) >= 11 is 0. The molecule has 23 heavy (non-hydrogen) atoms.